The molecule has 1 N–H and O–H groups in total. The van der Waals surface area contributed by atoms with Crippen LogP contribution in [0, 0.1) is 5.92 Å². The lowest BCUT2D eigenvalue weighted by Gasteiger charge is -2.45. The van der Waals surface area contributed by atoms with Gasteiger partial charge in [0.2, 0.25) is 0 Å². The van der Waals surface area contributed by atoms with Crippen molar-refractivity contribution in [3.63, 3.8) is 0 Å². The van der Waals surface area contributed by atoms with Crippen LogP contribution in [0.4, 0.5) is 0 Å². The molecule has 112 valence electrons. The maximum Gasteiger partial charge on any atom is 0.252 e. The monoisotopic (exact) mass is 358 g/mol. The zero-order chi connectivity index (χ0) is 14.8. The summed E-state index contributed by atoms with van der Waals surface area (Å²) in [5.74, 6) is 0.768. The number of nitrogens with one attached hydrogen (secondary N) is 1. The number of hydrogen-bond donors (Lipinski definition) is 1. The average Bonchev–Trinajstić information content (AvgIpc) is 2.82. The summed E-state index contributed by atoms with van der Waals surface area (Å²) in [5, 5.41) is 5.02. The van der Waals surface area contributed by atoms with Crippen molar-refractivity contribution in [2.75, 3.05) is 20.6 Å². The third-order valence-electron chi connectivity index (χ3n) is 4.42. The summed E-state index contributed by atoms with van der Waals surface area (Å²) in [6.07, 6.45) is 4.88. The van der Waals surface area contributed by atoms with Gasteiger partial charge in [-0.2, -0.15) is 0 Å². The van der Waals surface area contributed by atoms with Gasteiger partial charge in [-0.3, -0.25) is 4.79 Å². The Morgan fingerprint density at radius 1 is 1.60 bits per heavy atom. The quantitative estimate of drug-likeness (QED) is 0.888. The summed E-state index contributed by atoms with van der Waals surface area (Å²) in [6, 6.07) is 1.88. The van der Waals surface area contributed by atoms with E-state index in [1.165, 1.54) is 12.8 Å². The molecule has 1 aromatic rings. The Morgan fingerprint density at radius 3 is 2.90 bits per heavy atom. The minimum Gasteiger partial charge on any atom is -0.350 e. The number of likely N-dealkylation sites (N-methyl/N-ethyl adjacent to an activating group) is 1. The lowest BCUT2D eigenvalue weighted by atomic mass is 9.75. The smallest absolute Gasteiger partial charge is 0.252 e. The van der Waals surface area contributed by atoms with Crippen LogP contribution in [-0.4, -0.2) is 37.0 Å². The van der Waals surface area contributed by atoms with Gasteiger partial charge in [-0.15, -0.1) is 11.3 Å². The standard InChI is InChI=1S/C15H23BrN2OS/c1-11-5-4-6-15(8-11,18(2)3)10-17-14(19)12-7-13(16)20-9-12/h7,9,11H,4-6,8,10H2,1-3H3,(H,17,19). The first kappa shape index (κ1) is 16.0. The maximum atomic E-state index is 12.2. The van der Waals surface area contributed by atoms with Gasteiger partial charge < -0.3 is 10.2 Å². The Morgan fingerprint density at radius 2 is 2.35 bits per heavy atom. The molecule has 1 heterocycles. The fourth-order valence-electron chi connectivity index (χ4n) is 3.13. The number of thiophene rings is 1. The van der Waals surface area contributed by atoms with E-state index < -0.39 is 0 Å². The van der Waals surface area contributed by atoms with E-state index in [1.54, 1.807) is 11.3 Å². The van der Waals surface area contributed by atoms with E-state index in [0.29, 0.717) is 0 Å². The highest BCUT2D eigenvalue weighted by molar-refractivity contribution is 9.11. The molecule has 0 aliphatic heterocycles. The lowest BCUT2D eigenvalue weighted by molar-refractivity contribution is 0.0675. The number of halogens is 1. The number of carbonyl (C=O) groups is 1. The molecule has 1 amide bonds. The average molecular weight is 359 g/mol. The van der Waals surface area contributed by atoms with E-state index in [9.17, 15) is 4.79 Å². The summed E-state index contributed by atoms with van der Waals surface area (Å²) in [5.41, 5.74) is 0.861. The molecule has 0 aromatic carbocycles. The van der Waals surface area contributed by atoms with Crippen LogP contribution in [0.1, 0.15) is 43.0 Å². The van der Waals surface area contributed by atoms with Crippen molar-refractivity contribution >= 4 is 33.2 Å². The first-order chi connectivity index (χ1) is 9.43. The number of amides is 1. The number of nitrogens with zero attached hydrogens (tertiary/aromatic N) is 1. The van der Waals surface area contributed by atoms with E-state index in [2.05, 4.69) is 47.2 Å². The zero-order valence-electron chi connectivity index (χ0n) is 12.4. The molecule has 2 unspecified atom stereocenters. The van der Waals surface area contributed by atoms with Gasteiger partial charge in [0.25, 0.3) is 5.91 Å². The highest BCUT2D eigenvalue weighted by Crippen LogP contribution is 2.35. The van der Waals surface area contributed by atoms with Crippen LogP contribution in [0.3, 0.4) is 0 Å². The first-order valence-electron chi connectivity index (χ1n) is 7.13. The van der Waals surface area contributed by atoms with Crippen molar-refractivity contribution in [3.8, 4) is 0 Å². The van der Waals surface area contributed by atoms with E-state index in [4.69, 9.17) is 0 Å². The second-order valence-electron chi connectivity index (χ2n) is 6.14. The number of rotatable bonds is 4. The normalized spacial score (nSPS) is 26.8. The summed E-state index contributed by atoms with van der Waals surface area (Å²) < 4.78 is 0.997. The molecule has 0 saturated heterocycles. The van der Waals surface area contributed by atoms with Crippen LogP contribution < -0.4 is 5.32 Å². The minimum absolute atomic E-state index is 0.0337. The van der Waals surface area contributed by atoms with Gasteiger partial charge in [0.1, 0.15) is 0 Å². The largest absolute Gasteiger partial charge is 0.350 e. The molecule has 0 radical (unpaired) electrons. The van der Waals surface area contributed by atoms with Crippen molar-refractivity contribution in [1.29, 1.82) is 0 Å². The van der Waals surface area contributed by atoms with E-state index in [1.807, 2.05) is 11.4 Å². The van der Waals surface area contributed by atoms with Gasteiger partial charge in [-0.1, -0.05) is 19.8 Å². The summed E-state index contributed by atoms with van der Waals surface area (Å²) in [4.78, 5) is 14.5. The molecular formula is C15H23BrN2OS. The molecular weight excluding hydrogens is 336 g/mol. The third kappa shape index (κ3) is 3.62. The van der Waals surface area contributed by atoms with Crippen LogP contribution in [0.25, 0.3) is 0 Å². The highest BCUT2D eigenvalue weighted by atomic mass is 79.9. The first-order valence-corrected chi connectivity index (χ1v) is 8.80. The molecule has 1 aromatic heterocycles. The molecule has 1 saturated carbocycles. The summed E-state index contributed by atoms with van der Waals surface area (Å²) in [7, 11) is 4.26. The Hall–Kier alpha value is -0.390. The van der Waals surface area contributed by atoms with Crippen LogP contribution in [-0.2, 0) is 0 Å². The van der Waals surface area contributed by atoms with Crippen LogP contribution in [0.5, 0.6) is 0 Å². The molecule has 2 atom stereocenters. The molecule has 0 spiro atoms. The predicted octanol–water partition coefficient (Wildman–Crippen LogP) is 3.75. The van der Waals surface area contributed by atoms with Crippen LogP contribution >= 0.6 is 27.3 Å². The molecule has 3 nitrogen and oxygen atoms in total. The molecule has 2 rings (SSSR count). The molecule has 5 heteroatoms. The lowest BCUT2D eigenvalue weighted by Crippen LogP contribution is -2.55. The van der Waals surface area contributed by atoms with Crippen LogP contribution in [0.2, 0.25) is 0 Å². The van der Waals surface area contributed by atoms with E-state index in [-0.39, 0.29) is 11.4 Å². The third-order valence-corrected chi connectivity index (χ3v) is 5.93. The Bertz CT molecular complexity index is 474. The van der Waals surface area contributed by atoms with Gasteiger partial charge in [0.05, 0.1) is 9.35 Å². The Kier molecular flexibility index (Phi) is 5.26. The second kappa shape index (κ2) is 6.58. The van der Waals surface area contributed by atoms with Crippen molar-refractivity contribution in [2.45, 2.75) is 38.1 Å². The van der Waals surface area contributed by atoms with Gasteiger partial charge in [0.15, 0.2) is 0 Å². The van der Waals surface area contributed by atoms with Gasteiger partial charge in [-0.05, 0) is 54.9 Å². The molecule has 1 aliphatic carbocycles. The van der Waals surface area contributed by atoms with Gasteiger partial charge in [0, 0.05) is 17.5 Å². The molecule has 0 bridgehead atoms. The molecule has 1 fully saturated rings. The SMILES string of the molecule is CC1CCCC(CNC(=O)c2csc(Br)c2)(N(C)C)C1. The van der Waals surface area contributed by atoms with E-state index >= 15 is 0 Å². The van der Waals surface area contributed by atoms with Crippen molar-refractivity contribution < 1.29 is 4.79 Å². The topological polar surface area (TPSA) is 32.3 Å². The van der Waals surface area contributed by atoms with Gasteiger partial charge >= 0.3 is 0 Å². The zero-order valence-corrected chi connectivity index (χ0v) is 14.8. The van der Waals surface area contributed by atoms with Crippen LogP contribution in [0.15, 0.2) is 15.2 Å². The molecule has 1 aliphatic rings. The fraction of sp³-hybridized carbons (Fsp3) is 0.667. The Balaban J connectivity index is 2.00. The fourth-order valence-corrected chi connectivity index (χ4v) is 4.27. The number of carbonyl (C=O) groups excluding carboxylic acids is 1. The summed E-state index contributed by atoms with van der Waals surface area (Å²) in [6.45, 7) is 3.05. The maximum absolute atomic E-state index is 12.2. The van der Waals surface area contributed by atoms with Gasteiger partial charge in [-0.25, -0.2) is 0 Å². The van der Waals surface area contributed by atoms with Crippen molar-refractivity contribution in [1.82, 2.24) is 10.2 Å². The minimum atomic E-state index is 0.0337. The second-order valence-corrected chi connectivity index (χ2v) is 8.43. The predicted molar refractivity (Wildman–Crippen MR) is 88.4 cm³/mol. The van der Waals surface area contributed by atoms with Crippen molar-refractivity contribution in [3.05, 3.63) is 20.8 Å². The summed E-state index contributed by atoms with van der Waals surface area (Å²) >= 11 is 4.95. The van der Waals surface area contributed by atoms with E-state index in [0.717, 1.165) is 34.7 Å². The Labute approximate surface area is 133 Å². The highest BCUT2D eigenvalue weighted by Gasteiger charge is 2.37. The molecule has 20 heavy (non-hydrogen) atoms. The number of hydrogen-bond acceptors (Lipinski definition) is 3. The van der Waals surface area contributed by atoms with Crippen molar-refractivity contribution in [2.24, 2.45) is 5.92 Å².